The van der Waals surface area contributed by atoms with Crippen LogP contribution in [0.2, 0.25) is 0 Å². The van der Waals surface area contributed by atoms with Crippen molar-refractivity contribution in [3.63, 3.8) is 0 Å². The monoisotopic (exact) mass is 172 g/mol. The molecule has 2 N–H and O–H groups in total. The Morgan fingerprint density at radius 1 is 1.67 bits per heavy atom. The van der Waals surface area contributed by atoms with Gasteiger partial charge in [0.15, 0.2) is 0 Å². The number of hydrogen-bond acceptors (Lipinski definition) is 3. The Morgan fingerprint density at radius 3 is 2.75 bits per heavy atom. The zero-order chi connectivity index (χ0) is 9.14. The van der Waals surface area contributed by atoms with Gasteiger partial charge in [-0.1, -0.05) is 6.92 Å². The van der Waals surface area contributed by atoms with Crippen LogP contribution in [-0.2, 0) is 4.79 Å². The van der Waals surface area contributed by atoms with E-state index >= 15 is 0 Å². The lowest BCUT2D eigenvalue weighted by atomic mass is 10.2. The molecule has 0 aromatic rings. The molecule has 0 aromatic carbocycles. The fourth-order valence-corrected chi connectivity index (χ4v) is 1.50. The summed E-state index contributed by atoms with van der Waals surface area (Å²) < 4.78 is 0. The van der Waals surface area contributed by atoms with Gasteiger partial charge >= 0.3 is 0 Å². The van der Waals surface area contributed by atoms with E-state index in [1.54, 1.807) is 11.9 Å². The molecule has 1 amide bonds. The molecule has 0 radical (unpaired) electrons. The number of β-amino-alcohol motifs (C(OH)–C–C–N with tert-alkyl or cyclic N) is 1. The Kier molecular flexibility index (Phi) is 3.05. The molecule has 70 valence electrons. The summed E-state index contributed by atoms with van der Waals surface area (Å²) in [5.41, 5.74) is 0. The third-order valence-electron chi connectivity index (χ3n) is 2.31. The van der Waals surface area contributed by atoms with Crippen LogP contribution in [0.3, 0.4) is 0 Å². The van der Waals surface area contributed by atoms with E-state index in [2.05, 4.69) is 5.32 Å². The molecule has 0 bridgehead atoms. The molecular weight excluding hydrogens is 156 g/mol. The molecule has 4 nitrogen and oxygen atoms in total. The van der Waals surface area contributed by atoms with E-state index in [0.29, 0.717) is 19.5 Å². The average Bonchev–Trinajstić information content (AvgIpc) is 2.45. The largest absolute Gasteiger partial charge is 0.390 e. The second kappa shape index (κ2) is 3.87. The number of nitrogens with zero attached hydrogens (tertiary/aromatic N) is 1. The van der Waals surface area contributed by atoms with Gasteiger partial charge < -0.3 is 15.3 Å². The van der Waals surface area contributed by atoms with Crippen molar-refractivity contribution in [1.82, 2.24) is 10.2 Å². The number of likely N-dealkylation sites (N-methyl/N-ethyl adjacent to an activating group) is 1. The second-order valence-corrected chi connectivity index (χ2v) is 3.11. The van der Waals surface area contributed by atoms with Gasteiger partial charge in [-0.2, -0.15) is 0 Å². The Bertz CT molecular complexity index is 172. The number of rotatable bonds is 2. The van der Waals surface area contributed by atoms with Crippen LogP contribution in [0.1, 0.15) is 13.3 Å². The Morgan fingerprint density at radius 2 is 2.33 bits per heavy atom. The first-order valence-electron chi connectivity index (χ1n) is 4.32. The lowest BCUT2D eigenvalue weighted by molar-refractivity contribution is -0.130. The van der Waals surface area contributed by atoms with Gasteiger partial charge in [0.2, 0.25) is 5.91 Å². The van der Waals surface area contributed by atoms with Crippen LogP contribution in [0.15, 0.2) is 0 Å². The fraction of sp³-hybridized carbons (Fsp3) is 0.875. The molecule has 12 heavy (non-hydrogen) atoms. The lowest BCUT2D eigenvalue weighted by Crippen LogP contribution is -2.36. The van der Waals surface area contributed by atoms with Crippen LogP contribution < -0.4 is 5.32 Å². The Labute approximate surface area is 72.6 Å². The third kappa shape index (κ3) is 1.76. The van der Waals surface area contributed by atoms with E-state index in [1.165, 1.54) is 0 Å². The zero-order valence-corrected chi connectivity index (χ0v) is 7.58. The van der Waals surface area contributed by atoms with Crippen LogP contribution >= 0.6 is 0 Å². The van der Waals surface area contributed by atoms with Crippen LogP contribution in [0.4, 0.5) is 0 Å². The summed E-state index contributed by atoms with van der Waals surface area (Å²) in [6.07, 6.45) is 0.105. The molecule has 1 aliphatic rings. The third-order valence-corrected chi connectivity index (χ3v) is 2.31. The minimum absolute atomic E-state index is 0.0421. The number of carbonyl (C=O) groups excluding carboxylic acids is 1. The number of aliphatic hydroxyl groups is 1. The van der Waals surface area contributed by atoms with E-state index in [0.717, 1.165) is 0 Å². The summed E-state index contributed by atoms with van der Waals surface area (Å²) in [4.78, 5) is 12.9. The first-order valence-corrected chi connectivity index (χ1v) is 4.32. The smallest absolute Gasteiger partial charge is 0.222 e. The molecular formula is C8H16N2O2. The van der Waals surface area contributed by atoms with Crippen molar-refractivity contribution in [2.75, 3.05) is 20.1 Å². The lowest BCUT2D eigenvalue weighted by Gasteiger charge is -2.14. The molecule has 0 aromatic heterocycles. The number of amides is 1. The molecule has 1 fully saturated rings. The highest BCUT2D eigenvalue weighted by molar-refractivity contribution is 5.76. The average molecular weight is 172 g/mol. The quantitative estimate of drug-likeness (QED) is 0.572. The van der Waals surface area contributed by atoms with Crippen molar-refractivity contribution in [3.8, 4) is 0 Å². The normalized spacial score (nSPS) is 29.4. The molecule has 1 aliphatic heterocycles. The maximum Gasteiger partial charge on any atom is 0.222 e. The van der Waals surface area contributed by atoms with Gasteiger partial charge in [0.25, 0.3) is 0 Å². The van der Waals surface area contributed by atoms with Gasteiger partial charge in [0.1, 0.15) is 0 Å². The van der Waals surface area contributed by atoms with Gasteiger partial charge in [-0.05, 0) is 7.05 Å². The summed E-state index contributed by atoms with van der Waals surface area (Å²) in [5, 5.41) is 12.4. The molecule has 4 heteroatoms. The Hall–Kier alpha value is -0.610. The highest BCUT2D eigenvalue weighted by Crippen LogP contribution is 2.10. The summed E-state index contributed by atoms with van der Waals surface area (Å²) in [6.45, 7) is 2.93. The molecule has 0 spiro atoms. The highest BCUT2D eigenvalue weighted by Gasteiger charge is 2.31. The van der Waals surface area contributed by atoms with Crippen LogP contribution in [0.5, 0.6) is 0 Å². The molecule has 1 heterocycles. The van der Waals surface area contributed by atoms with E-state index in [-0.39, 0.29) is 11.9 Å². The first-order chi connectivity index (χ1) is 5.69. The van der Waals surface area contributed by atoms with E-state index < -0.39 is 6.10 Å². The number of likely N-dealkylation sites (tertiary alicyclic amines) is 1. The standard InChI is InChI=1S/C8H16N2O2/c1-3-8(12)10-4-6(9-2)7(11)5-10/h6-7,9,11H,3-5H2,1-2H3. The minimum Gasteiger partial charge on any atom is -0.390 e. The van der Waals surface area contributed by atoms with Crippen molar-refractivity contribution >= 4 is 5.91 Å². The Balaban J connectivity index is 2.48. The van der Waals surface area contributed by atoms with Crippen LogP contribution in [0.25, 0.3) is 0 Å². The number of aliphatic hydroxyl groups excluding tert-OH is 1. The number of nitrogens with one attached hydrogen (secondary N) is 1. The second-order valence-electron chi connectivity index (χ2n) is 3.11. The topological polar surface area (TPSA) is 52.6 Å². The molecule has 2 atom stereocenters. The summed E-state index contributed by atoms with van der Waals surface area (Å²) >= 11 is 0. The number of hydrogen-bond donors (Lipinski definition) is 2. The van der Waals surface area contributed by atoms with Crippen molar-refractivity contribution < 1.29 is 9.90 Å². The van der Waals surface area contributed by atoms with Crippen molar-refractivity contribution in [3.05, 3.63) is 0 Å². The first kappa shape index (κ1) is 9.48. The zero-order valence-electron chi connectivity index (χ0n) is 7.58. The highest BCUT2D eigenvalue weighted by atomic mass is 16.3. The maximum absolute atomic E-state index is 11.2. The molecule has 1 saturated heterocycles. The predicted octanol–water partition coefficient (Wildman–Crippen LogP) is -0.812. The minimum atomic E-state index is -0.412. The van der Waals surface area contributed by atoms with E-state index in [9.17, 15) is 9.90 Å². The summed E-state index contributed by atoms with van der Waals surface area (Å²) in [6, 6.07) is 0.0421. The predicted molar refractivity (Wildman–Crippen MR) is 45.7 cm³/mol. The van der Waals surface area contributed by atoms with Crippen molar-refractivity contribution in [2.24, 2.45) is 0 Å². The van der Waals surface area contributed by atoms with Crippen LogP contribution in [0, 0.1) is 0 Å². The SMILES string of the molecule is CCC(=O)N1CC(O)C(NC)C1. The van der Waals surface area contributed by atoms with E-state index in [1.807, 2.05) is 6.92 Å². The fourth-order valence-electron chi connectivity index (χ4n) is 1.50. The van der Waals surface area contributed by atoms with Gasteiger partial charge in [0.05, 0.1) is 12.1 Å². The summed E-state index contributed by atoms with van der Waals surface area (Å²) in [5.74, 6) is 0.117. The van der Waals surface area contributed by atoms with Gasteiger partial charge in [-0.15, -0.1) is 0 Å². The summed E-state index contributed by atoms with van der Waals surface area (Å²) in [7, 11) is 1.80. The van der Waals surface area contributed by atoms with Crippen LogP contribution in [-0.4, -0.2) is 48.2 Å². The van der Waals surface area contributed by atoms with Gasteiger partial charge in [0, 0.05) is 19.5 Å². The molecule has 0 saturated carbocycles. The van der Waals surface area contributed by atoms with Crippen molar-refractivity contribution in [2.45, 2.75) is 25.5 Å². The molecule has 1 rings (SSSR count). The number of carbonyl (C=O) groups is 1. The molecule has 2 unspecified atom stereocenters. The van der Waals surface area contributed by atoms with Gasteiger partial charge in [-0.25, -0.2) is 0 Å². The van der Waals surface area contributed by atoms with E-state index in [4.69, 9.17) is 0 Å². The van der Waals surface area contributed by atoms with Gasteiger partial charge in [-0.3, -0.25) is 4.79 Å². The molecule has 0 aliphatic carbocycles. The van der Waals surface area contributed by atoms with Crippen molar-refractivity contribution in [1.29, 1.82) is 0 Å². The maximum atomic E-state index is 11.2.